The highest BCUT2D eigenvalue weighted by Gasteiger charge is 2.35. The summed E-state index contributed by atoms with van der Waals surface area (Å²) in [4.78, 5) is 0. The van der Waals surface area contributed by atoms with Crippen molar-refractivity contribution in [3.8, 4) is 0 Å². The Kier molecular flexibility index (Phi) is 1.83. The molecule has 9 heavy (non-hydrogen) atoms. The minimum Gasteiger partial charge on any atom is -0.0625 e. The number of rotatable bonds is 1. The molecule has 0 radical (unpaired) electrons. The summed E-state index contributed by atoms with van der Waals surface area (Å²) in [5, 5.41) is 0. The van der Waals surface area contributed by atoms with Crippen LogP contribution in [0.15, 0.2) is 0 Å². The van der Waals surface area contributed by atoms with E-state index in [0.717, 1.165) is 23.7 Å². The van der Waals surface area contributed by atoms with Crippen molar-refractivity contribution in [2.45, 2.75) is 34.1 Å². The lowest BCUT2D eigenvalue weighted by atomic mass is 9.62. The van der Waals surface area contributed by atoms with Gasteiger partial charge in [-0.1, -0.05) is 27.7 Å². The summed E-state index contributed by atoms with van der Waals surface area (Å²) in [5.41, 5.74) is 0. The molecule has 0 bridgehead atoms. The maximum Gasteiger partial charge on any atom is -0.0360 e. The minimum absolute atomic E-state index is 0.913. The molecule has 0 saturated heterocycles. The summed E-state index contributed by atoms with van der Waals surface area (Å²) < 4.78 is 0. The fraction of sp³-hybridized carbons (Fsp3) is 1.00. The van der Waals surface area contributed by atoms with Crippen LogP contribution in [0.4, 0.5) is 0 Å². The van der Waals surface area contributed by atoms with Crippen molar-refractivity contribution < 1.29 is 0 Å². The molecule has 0 heterocycles. The molecule has 3 atom stereocenters. The van der Waals surface area contributed by atoms with Crippen molar-refractivity contribution >= 4 is 0 Å². The van der Waals surface area contributed by atoms with E-state index < -0.39 is 0 Å². The minimum atomic E-state index is 0.913. The molecule has 0 aliphatic heterocycles. The quantitative estimate of drug-likeness (QED) is 0.506. The van der Waals surface area contributed by atoms with Gasteiger partial charge in [-0.2, -0.15) is 0 Å². The van der Waals surface area contributed by atoms with E-state index in [1.54, 1.807) is 0 Å². The molecule has 1 saturated carbocycles. The van der Waals surface area contributed by atoms with Gasteiger partial charge in [0, 0.05) is 0 Å². The van der Waals surface area contributed by atoms with Crippen LogP contribution < -0.4 is 0 Å². The maximum absolute atomic E-state index is 2.39. The van der Waals surface area contributed by atoms with Crippen molar-refractivity contribution in [2.75, 3.05) is 0 Å². The lowest BCUT2D eigenvalue weighted by molar-refractivity contribution is 0.0623. The van der Waals surface area contributed by atoms with E-state index in [1.165, 1.54) is 6.42 Å². The van der Waals surface area contributed by atoms with E-state index in [2.05, 4.69) is 27.7 Å². The molecule has 0 aromatic rings. The molecular formula is C9H18. The normalized spacial score (nSPS) is 43.0. The van der Waals surface area contributed by atoms with Crippen LogP contribution >= 0.6 is 0 Å². The Morgan fingerprint density at radius 3 is 1.89 bits per heavy atom. The third kappa shape index (κ3) is 1.12. The molecule has 1 rings (SSSR count). The predicted octanol–water partition coefficient (Wildman–Crippen LogP) is 2.93. The Balaban J connectivity index is 2.33. The van der Waals surface area contributed by atoms with Crippen LogP contribution in [0.3, 0.4) is 0 Å². The summed E-state index contributed by atoms with van der Waals surface area (Å²) in [5.74, 6) is 3.93. The second kappa shape index (κ2) is 2.32. The highest BCUT2D eigenvalue weighted by molar-refractivity contribution is 4.84. The monoisotopic (exact) mass is 126 g/mol. The Bertz CT molecular complexity index is 94.2. The van der Waals surface area contributed by atoms with Gasteiger partial charge in [0.15, 0.2) is 0 Å². The fourth-order valence-corrected chi connectivity index (χ4v) is 1.96. The lowest BCUT2D eigenvalue weighted by Crippen LogP contribution is -2.35. The van der Waals surface area contributed by atoms with E-state index in [1.807, 2.05) is 0 Å². The first kappa shape index (κ1) is 7.11. The smallest absolute Gasteiger partial charge is 0.0360 e. The molecule has 1 aliphatic rings. The number of hydrogen-bond donors (Lipinski definition) is 0. The van der Waals surface area contributed by atoms with E-state index in [9.17, 15) is 0 Å². The summed E-state index contributed by atoms with van der Waals surface area (Å²) >= 11 is 0. The van der Waals surface area contributed by atoms with Crippen molar-refractivity contribution in [3.05, 3.63) is 0 Å². The Labute approximate surface area is 58.7 Å². The van der Waals surface area contributed by atoms with Gasteiger partial charge in [-0.3, -0.25) is 0 Å². The van der Waals surface area contributed by atoms with Gasteiger partial charge in [0.2, 0.25) is 0 Å². The van der Waals surface area contributed by atoms with E-state index >= 15 is 0 Å². The van der Waals surface area contributed by atoms with Gasteiger partial charge in [0.1, 0.15) is 0 Å². The van der Waals surface area contributed by atoms with Crippen molar-refractivity contribution in [1.29, 1.82) is 0 Å². The van der Waals surface area contributed by atoms with E-state index in [4.69, 9.17) is 0 Å². The van der Waals surface area contributed by atoms with Gasteiger partial charge in [-0.25, -0.2) is 0 Å². The van der Waals surface area contributed by atoms with Crippen molar-refractivity contribution in [3.63, 3.8) is 0 Å². The second-order valence-electron chi connectivity index (χ2n) is 3.98. The topological polar surface area (TPSA) is 0 Å². The summed E-state index contributed by atoms with van der Waals surface area (Å²) in [7, 11) is 0. The molecule has 1 fully saturated rings. The molecule has 0 aromatic carbocycles. The third-order valence-corrected chi connectivity index (χ3v) is 3.07. The first-order valence-electron chi connectivity index (χ1n) is 4.13. The van der Waals surface area contributed by atoms with Crippen LogP contribution in [0.25, 0.3) is 0 Å². The largest absolute Gasteiger partial charge is 0.0625 e. The SMILES string of the molecule is CC(C)C1CC(C)C1C. The van der Waals surface area contributed by atoms with Crippen LogP contribution in [0.2, 0.25) is 0 Å². The summed E-state index contributed by atoms with van der Waals surface area (Å²) in [6, 6.07) is 0. The molecule has 54 valence electrons. The summed E-state index contributed by atoms with van der Waals surface area (Å²) in [6.07, 6.45) is 1.47. The highest BCUT2D eigenvalue weighted by Crippen LogP contribution is 2.43. The van der Waals surface area contributed by atoms with Crippen LogP contribution in [0, 0.1) is 23.7 Å². The standard InChI is InChI=1S/C9H18/c1-6(2)9-5-7(3)8(9)4/h6-9H,5H2,1-4H3. The van der Waals surface area contributed by atoms with Gasteiger partial charge in [-0.05, 0) is 30.1 Å². The van der Waals surface area contributed by atoms with Crippen molar-refractivity contribution in [2.24, 2.45) is 23.7 Å². The molecule has 1 aliphatic carbocycles. The number of hydrogen-bond acceptors (Lipinski definition) is 0. The van der Waals surface area contributed by atoms with Gasteiger partial charge in [-0.15, -0.1) is 0 Å². The van der Waals surface area contributed by atoms with Gasteiger partial charge in [0.25, 0.3) is 0 Å². The van der Waals surface area contributed by atoms with Gasteiger partial charge in [0.05, 0.1) is 0 Å². The molecule has 0 heteroatoms. The average molecular weight is 126 g/mol. The third-order valence-electron chi connectivity index (χ3n) is 3.07. The molecule has 0 aromatic heterocycles. The molecule has 0 nitrogen and oxygen atoms in total. The Hall–Kier alpha value is 0. The predicted molar refractivity (Wildman–Crippen MR) is 41.3 cm³/mol. The zero-order valence-electron chi connectivity index (χ0n) is 7.02. The highest BCUT2D eigenvalue weighted by atomic mass is 14.4. The van der Waals surface area contributed by atoms with Crippen LogP contribution in [-0.2, 0) is 0 Å². The van der Waals surface area contributed by atoms with Crippen LogP contribution in [0.1, 0.15) is 34.1 Å². The van der Waals surface area contributed by atoms with Crippen LogP contribution in [-0.4, -0.2) is 0 Å². The molecular weight excluding hydrogens is 108 g/mol. The first-order chi connectivity index (χ1) is 4.13. The molecule has 0 spiro atoms. The Morgan fingerprint density at radius 1 is 1.22 bits per heavy atom. The molecule has 0 N–H and O–H groups in total. The van der Waals surface area contributed by atoms with Gasteiger partial charge < -0.3 is 0 Å². The van der Waals surface area contributed by atoms with Gasteiger partial charge >= 0.3 is 0 Å². The van der Waals surface area contributed by atoms with Crippen molar-refractivity contribution in [1.82, 2.24) is 0 Å². The first-order valence-corrected chi connectivity index (χ1v) is 4.13. The lowest BCUT2D eigenvalue weighted by Gasteiger charge is -2.43. The Morgan fingerprint density at radius 2 is 1.78 bits per heavy atom. The average Bonchev–Trinajstić information content (AvgIpc) is 1.81. The second-order valence-corrected chi connectivity index (χ2v) is 3.98. The maximum atomic E-state index is 2.39. The summed E-state index contributed by atoms with van der Waals surface area (Å²) in [6.45, 7) is 9.43. The molecule has 0 amide bonds. The van der Waals surface area contributed by atoms with E-state index in [0.29, 0.717) is 0 Å². The fourth-order valence-electron chi connectivity index (χ4n) is 1.96. The van der Waals surface area contributed by atoms with E-state index in [-0.39, 0.29) is 0 Å². The van der Waals surface area contributed by atoms with Crippen LogP contribution in [0.5, 0.6) is 0 Å². The molecule has 3 unspecified atom stereocenters. The zero-order chi connectivity index (χ0) is 7.02. The zero-order valence-corrected chi connectivity index (χ0v) is 7.02.